The van der Waals surface area contributed by atoms with Gasteiger partial charge in [-0.2, -0.15) is 8.42 Å². The van der Waals surface area contributed by atoms with Gasteiger partial charge in [-0.3, -0.25) is 4.18 Å². The summed E-state index contributed by atoms with van der Waals surface area (Å²) in [5.41, 5.74) is 0.820. The number of hydrogen-bond donors (Lipinski definition) is 1. The zero-order chi connectivity index (χ0) is 13.8. The summed E-state index contributed by atoms with van der Waals surface area (Å²) in [7, 11) is -3.54. The number of carbonyl (C=O) groups is 1. The minimum Gasteiger partial charge on any atom is -0.478 e. The second-order valence-corrected chi connectivity index (χ2v) is 5.61. The van der Waals surface area contributed by atoms with Gasteiger partial charge in [0.25, 0.3) is 10.1 Å². The molecule has 1 rings (SSSR count). The normalized spacial score (nSPS) is 13.2. The molecule has 0 fully saturated rings. The quantitative estimate of drug-likeness (QED) is 0.803. The number of rotatable bonds is 6. The Morgan fingerprint density at radius 2 is 1.89 bits per heavy atom. The Kier molecular flexibility index (Phi) is 4.86. The van der Waals surface area contributed by atoms with Gasteiger partial charge in [0.2, 0.25) is 0 Å². The molecule has 1 unspecified atom stereocenters. The van der Waals surface area contributed by atoms with Crippen molar-refractivity contribution in [2.75, 3.05) is 6.26 Å². The molecule has 100 valence electrons. The number of carboxylic acid groups (broad SMARTS) is 1. The lowest BCUT2D eigenvalue weighted by Gasteiger charge is -2.15. The number of benzene rings is 1. The average Bonchev–Trinajstić information content (AvgIpc) is 2.27. The molecule has 6 heteroatoms. The van der Waals surface area contributed by atoms with Crippen LogP contribution in [0.5, 0.6) is 0 Å². The van der Waals surface area contributed by atoms with Crippen molar-refractivity contribution in [1.82, 2.24) is 0 Å². The maximum atomic E-state index is 11.1. The van der Waals surface area contributed by atoms with E-state index in [-0.39, 0.29) is 5.56 Å². The first-order valence-corrected chi connectivity index (χ1v) is 7.36. The summed E-state index contributed by atoms with van der Waals surface area (Å²) in [4.78, 5) is 10.7. The largest absolute Gasteiger partial charge is 0.478 e. The van der Waals surface area contributed by atoms with E-state index in [0.717, 1.165) is 12.7 Å². The van der Waals surface area contributed by atoms with E-state index in [1.165, 1.54) is 12.1 Å². The van der Waals surface area contributed by atoms with Crippen molar-refractivity contribution in [1.29, 1.82) is 0 Å². The molecule has 0 aliphatic carbocycles. The fraction of sp³-hybridized carbons (Fsp3) is 0.417. The molecule has 1 aromatic carbocycles. The summed E-state index contributed by atoms with van der Waals surface area (Å²) in [6, 6.07) is 6.03. The molecule has 1 aromatic rings. The van der Waals surface area contributed by atoms with Gasteiger partial charge in [-0.1, -0.05) is 25.5 Å². The summed E-state index contributed by atoms with van der Waals surface area (Å²) in [6.07, 6.45) is 1.76. The van der Waals surface area contributed by atoms with E-state index in [4.69, 9.17) is 9.29 Å². The molecule has 0 radical (unpaired) electrons. The molecular weight excluding hydrogens is 256 g/mol. The molecule has 0 heterocycles. The van der Waals surface area contributed by atoms with Gasteiger partial charge in [-0.15, -0.1) is 0 Å². The molecule has 1 N–H and O–H groups in total. The topological polar surface area (TPSA) is 80.7 Å². The molecular formula is C12H16O5S. The van der Waals surface area contributed by atoms with E-state index in [1.807, 2.05) is 6.92 Å². The van der Waals surface area contributed by atoms with Crippen molar-refractivity contribution in [2.45, 2.75) is 25.9 Å². The smallest absolute Gasteiger partial charge is 0.335 e. The summed E-state index contributed by atoms with van der Waals surface area (Å²) < 4.78 is 27.3. The van der Waals surface area contributed by atoms with Crippen molar-refractivity contribution in [3.63, 3.8) is 0 Å². The van der Waals surface area contributed by atoms with Crippen LogP contribution in [-0.2, 0) is 14.3 Å². The predicted octanol–water partition coefficient (Wildman–Crippen LogP) is 2.20. The fourth-order valence-corrected chi connectivity index (χ4v) is 2.21. The van der Waals surface area contributed by atoms with Crippen molar-refractivity contribution < 1.29 is 22.5 Å². The van der Waals surface area contributed by atoms with Gasteiger partial charge >= 0.3 is 5.97 Å². The second-order valence-electron chi connectivity index (χ2n) is 4.00. The van der Waals surface area contributed by atoms with Crippen molar-refractivity contribution in [3.05, 3.63) is 35.4 Å². The first-order chi connectivity index (χ1) is 8.33. The third-order valence-electron chi connectivity index (χ3n) is 2.37. The molecule has 5 nitrogen and oxygen atoms in total. The predicted molar refractivity (Wildman–Crippen MR) is 67.0 cm³/mol. The first-order valence-electron chi connectivity index (χ1n) is 5.55. The Bertz CT molecular complexity index is 504. The zero-order valence-corrected chi connectivity index (χ0v) is 11.1. The van der Waals surface area contributed by atoms with E-state index in [0.29, 0.717) is 12.0 Å². The summed E-state index contributed by atoms with van der Waals surface area (Å²) in [6.45, 7) is 1.92. The zero-order valence-electron chi connectivity index (χ0n) is 10.3. The summed E-state index contributed by atoms with van der Waals surface area (Å²) >= 11 is 0. The van der Waals surface area contributed by atoms with Crippen LogP contribution < -0.4 is 0 Å². The molecule has 0 saturated carbocycles. The van der Waals surface area contributed by atoms with Crippen LogP contribution in [0.15, 0.2) is 24.3 Å². The van der Waals surface area contributed by atoms with Gasteiger partial charge in [0.05, 0.1) is 11.8 Å². The molecule has 0 saturated heterocycles. The summed E-state index contributed by atoms with van der Waals surface area (Å²) in [5, 5.41) is 8.78. The van der Waals surface area contributed by atoms with Gasteiger partial charge in [-0.05, 0) is 24.1 Å². The fourth-order valence-electron chi connectivity index (χ4n) is 1.58. The second kappa shape index (κ2) is 5.97. The van der Waals surface area contributed by atoms with Gasteiger partial charge in [0.15, 0.2) is 0 Å². The van der Waals surface area contributed by atoms with Crippen LogP contribution in [0.3, 0.4) is 0 Å². The first kappa shape index (κ1) is 14.7. The molecule has 1 atom stereocenters. The maximum absolute atomic E-state index is 11.1. The van der Waals surface area contributed by atoms with Crippen LogP contribution in [-0.4, -0.2) is 25.7 Å². The minimum absolute atomic E-state index is 0.161. The van der Waals surface area contributed by atoms with Gasteiger partial charge < -0.3 is 5.11 Å². The molecule has 0 amide bonds. The Balaban J connectivity index is 2.95. The van der Waals surface area contributed by atoms with Crippen LogP contribution in [0.2, 0.25) is 0 Å². The van der Waals surface area contributed by atoms with E-state index in [2.05, 4.69) is 0 Å². The Morgan fingerprint density at radius 1 is 1.33 bits per heavy atom. The molecule has 18 heavy (non-hydrogen) atoms. The highest BCUT2D eigenvalue weighted by Gasteiger charge is 2.17. The number of hydrogen-bond acceptors (Lipinski definition) is 4. The van der Waals surface area contributed by atoms with Crippen LogP contribution in [0, 0.1) is 0 Å². The molecule has 0 aromatic heterocycles. The SMILES string of the molecule is CCCC(OS(C)(=O)=O)c1ccc(C(=O)O)cc1. The average molecular weight is 272 g/mol. The third kappa shape index (κ3) is 4.46. The lowest BCUT2D eigenvalue weighted by Crippen LogP contribution is -2.10. The van der Waals surface area contributed by atoms with Gasteiger partial charge in [-0.25, -0.2) is 4.79 Å². The van der Waals surface area contributed by atoms with Crippen molar-refractivity contribution in [2.24, 2.45) is 0 Å². The maximum Gasteiger partial charge on any atom is 0.335 e. The third-order valence-corrected chi connectivity index (χ3v) is 2.95. The van der Waals surface area contributed by atoms with E-state index < -0.39 is 22.2 Å². The molecule has 0 aliphatic heterocycles. The lowest BCUT2D eigenvalue weighted by atomic mass is 10.0. The number of carboxylic acids is 1. The van der Waals surface area contributed by atoms with E-state index in [9.17, 15) is 13.2 Å². The van der Waals surface area contributed by atoms with Crippen molar-refractivity contribution >= 4 is 16.1 Å². The number of aromatic carboxylic acids is 1. The van der Waals surface area contributed by atoms with Gasteiger partial charge in [0.1, 0.15) is 6.10 Å². The van der Waals surface area contributed by atoms with Crippen LogP contribution in [0.4, 0.5) is 0 Å². The highest BCUT2D eigenvalue weighted by Crippen LogP contribution is 2.24. The Labute approximate surface area is 107 Å². The molecule has 0 aliphatic rings. The standard InChI is InChI=1S/C12H16O5S/c1-3-4-11(17-18(2,15)16)9-5-7-10(8-6-9)12(13)14/h5-8,11H,3-4H2,1-2H3,(H,13,14). The van der Waals surface area contributed by atoms with Gasteiger partial charge in [0, 0.05) is 0 Å². The van der Waals surface area contributed by atoms with E-state index in [1.54, 1.807) is 12.1 Å². The monoisotopic (exact) mass is 272 g/mol. The highest BCUT2D eigenvalue weighted by molar-refractivity contribution is 7.86. The molecule has 0 bridgehead atoms. The van der Waals surface area contributed by atoms with Crippen LogP contribution >= 0.6 is 0 Å². The van der Waals surface area contributed by atoms with Crippen LogP contribution in [0.1, 0.15) is 41.8 Å². The van der Waals surface area contributed by atoms with Crippen LogP contribution in [0.25, 0.3) is 0 Å². The minimum atomic E-state index is -3.54. The molecule has 0 spiro atoms. The highest BCUT2D eigenvalue weighted by atomic mass is 32.2. The van der Waals surface area contributed by atoms with E-state index >= 15 is 0 Å². The summed E-state index contributed by atoms with van der Waals surface area (Å²) in [5.74, 6) is -1.02. The lowest BCUT2D eigenvalue weighted by molar-refractivity contribution is 0.0696. The Morgan fingerprint density at radius 3 is 2.28 bits per heavy atom. The Hall–Kier alpha value is -1.40. The van der Waals surface area contributed by atoms with Crippen molar-refractivity contribution in [3.8, 4) is 0 Å².